The summed E-state index contributed by atoms with van der Waals surface area (Å²) in [4.78, 5) is 11.7. The van der Waals surface area contributed by atoms with E-state index in [1.54, 1.807) is 14.0 Å². The van der Waals surface area contributed by atoms with E-state index in [1.807, 2.05) is 25.1 Å². The van der Waals surface area contributed by atoms with Crippen molar-refractivity contribution in [1.29, 1.82) is 0 Å². The minimum absolute atomic E-state index is 0.239. The monoisotopic (exact) mass is 204 g/mol. The van der Waals surface area contributed by atoms with Gasteiger partial charge in [-0.1, -0.05) is 12.1 Å². The van der Waals surface area contributed by atoms with Crippen molar-refractivity contribution < 1.29 is 9.53 Å². The third-order valence-corrected chi connectivity index (χ3v) is 3.36. The summed E-state index contributed by atoms with van der Waals surface area (Å²) in [5.41, 5.74) is 2.01. The fourth-order valence-electron chi connectivity index (χ4n) is 2.33. The van der Waals surface area contributed by atoms with Crippen molar-refractivity contribution in [3.63, 3.8) is 0 Å². The van der Waals surface area contributed by atoms with Crippen molar-refractivity contribution in [2.75, 3.05) is 7.11 Å². The maximum Gasteiger partial charge on any atom is 0.140 e. The van der Waals surface area contributed by atoms with Gasteiger partial charge in [-0.2, -0.15) is 0 Å². The summed E-state index contributed by atoms with van der Waals surface area (Å²) < 4.78 is 5.35. The van der Waals surface area contributed by atoms with E-state index in [2.05, 4.69) is 0 Å². The molecular weight excluding hydrogens is 188 g/mol. The molecule has 1 aliphatic carbocycles. The Morgan fingerprint density at radius 3 is 2.53 bits per heavy atom. The number of Topliss-reactive ketones (excluding diaryl/α,β-unsaturated/α-hetero) is 1. The van der Waals surface area contributed by atoms with Crippen LogP contribution in [0.3, 0.4) is 0 Å². The summed E-state index contributed by atoms with van der Waals surface area (Å²) in [6.07, 6.45) is 1.92. The number of rotatable bonds is 3. The molecule has 0 heterocycles. The van der Waals surface area contributed by atoms with Crippen molar-refractivity contribution in [3.8, 4) is 5.75 Å². The summed E-state index contributed by atoms with van der Waals surface area (Å²) in [7, 11) is 1.66. The Morgan fingerprint density at radius 1 is 1.40 bits per heavy atom. The number of ketones is 1. The van der Waals surface area contributed by atoms with Gasteiger partial charge in [0.25, 0.3) is 0 Å². The minimum Gasteiger partial charge on any atom is -0.496 e. The summed E-state index contributed by atoms with van der Waals surface area (Å²) >= 11 is 0. The van der Waals surface area contributed by atoms with Crippen LogP contribution in [-0.2, 0) is 10.2 Å². The molecule has 0 aromatic heterocycles. The highest BCUT2D eigenvalue weighted by atomic mass is 16.5. The molecule has 0 atom stereocenters. The van der Waals surface area contributed by atoms with Crippen LogP contribution in [0.1, 0.15) is 30.9 Å². The zero-order chi connectivity index (χ0) is 11.1. The lowest BCUT2D eigenvalue weighted by molar-refractivity contribution is -0.119. The lowest BCUT2D eigenvalue weighted by Crippen LogP contribution is -2.19. The second-order valence-corrected chi connectivity index (χ2v) is 4.29. The Balaban J connectivity index is 2.56. The van der Waals surface area contributed by atoms with Crippen LogP contribution in [0.25, 0.3) is 0 Å². The first-order valence-electron chi connectivity index (χ1n) is 5.27. The minimum atomic E-state index is -0.239. The van der Waals surface area contributed by atoms with Crippen LogP contribution in [-0.4, -0.2) is 12.9 Å². The zero-order valence-electron chi connectivity index (χ0n) is 9.46. The fourth-order valence-corrected chi connectivity index (χ4v) is 2.33. The van der Waals surface area contributed by atoms with Gasteiger partial charge in [0, 0.05) is 5.56 Å². The number of benzene rings is 1. The maximum absolute atomic E-state index is 11.7. The predicted molar refractivity (Wildman–Crippen MR) is 59.3 cm³/mol. The molecule has 2 rings (SSSR count). The summed E-state index contributed by atoms with van der Waals surface area (Å²) in [6.45, 7) is 3.72. The average Bonchev–Trinajstić information content (AvgIpc) is 2.98. The molecule has 2 heteroatoms. The Hall–Kier alpha value is -1.31. The number of ether oxygens (including phenoxy) is 1. The van der Waals surface area contributed by atoms with Crippen molar-refractivity contribution >= 4 is 5.78 Å². The van der Waals surface area contributed by atoms with E-state index in [4.69, 9.17) is 4.74 Å². The number of aryl methyl sites for hydroxylation is 1. The summed E-state index contributed by atoms with van der Waals surface area (Å²) in [5, 5.41) is 0. The molecular formula is C13H16O2. The third kappa shape index (κ3) is 1.44. The molecule has 1 fully saturated rings. The van der Waals surface area contributed by atoms with Gasteiger partial charge in [0.05, 0.1) is 12.5 Å². The Kier molecular flexibility index (Phi) is 2.29. The highest BCUT2D eigenvalue weighted by Gasteiger charge is 2.51. The molecule has 0 saturated heterocycles. The predicted octanol–water partition coefficient (Wildman–Crippen LogP) is 2.62. The molecule has 0 aliphatic heterocycles. The van der Waals surface area contributed by atoms with Gasteiger partial charge in [-0.25, -0.2) is 0 Å². The highest BCUT2D eigenvalue weighted by molar-refractivity contribution is 5.92. The first-order chi connectivity index (χ1) is 7.12. The normalized spacial score (nSPS) is 17.3. The van der Waals surface area contributed by atoms with Gasteiger partial charge < -0.3 is 4.74 Å². The molecule has 0 bridgehead atoms. The fraction of sp³-hybridized carbons (Fsp3) is 0.462. The van der Waals surface area contributed by atoms with Crippen LogP contribution in [0.2, 0.25) is 0 Å². The molecule has 1 aromatic carbocycles. The molecule has 1 aromatic rings. The Labute approximate surface area is 90.3 Å². The van der Waals surface area contributed by atoms with E-state index in [9.17, 15) is 4.79 Å². The lowest BCUT2D eigenvalue weighted by atomic mass is 9.88. The van der Waals surface area contributed by atoms with E-state index in [-0.39, 0.29) is 11.2 Å². The van der Waals surface area contributed by atoms with Crippen LogP contribution in [0.15, 0.2) is 18.2 Å². The first-order valence-corrected chi connectivity index (χ1v) is 5.27. The van der Waals surface area contributed by atoms with Gasteiger partial charge in [-0.15, -0.1) is 0 Å². The molecule has 2 nitrogen and oxygen atoms in total. The molecule has 80 valence electrons. The van der Waals surface area contributed by atoms with Crippen molar-refractivity contribution in [2.24, 2.45) is 0 Å². The van der Waals surface area contributed by atoms with Gasteiger partial charge in [0.1, 0.15) is 11.5 Å². The van der Waals surface area contributed by atoms with E-state index in [0.717, 1.165) is 29.7 Å². The third-order valence-electron chi connectivity index (χ3n) is 3.36. The van der Waals surface area contributed by atoms with Gasteiger partial charge >= 0.3 is 0 Å². The SMILES string of the molecule is COc1cccc(C)c1C1(C(C)=O)CC1. The van der Waals surface area contributed by atoms with Crippen LogP contribution in [0, 0.1) is 6.92 Å². The van der Waals surface area contributed by atoms with Crippen LogP contribution in [0.4, 0.5) is 0 Å². The van der Waals surface area contributed by atoms with E-state index in [0.29, 0.717) is 0 Å². The van der Waals surface area contributed by atoms with E-state index >= 15 is 0 Å². The molecule has 15 heavy (non-hydrogen) atoms. The van der Waals surface area contributed by atoms with Crippen LogP contribution >= 0.6 is 0 Å². The van der Waals surface area contributed by atoms with Gasteiger partial charge in [-0.3, -0.25) is 4.79 Å². The molecule has 0 amide bonds. The molecule has 0 radical (unpaired) electrons. The van der Waals surface area contributed by atoms with E-state index in [1.165, 1.54) is 0 Å². The zero-order valence-corrected chi connectivity index (χ0v) is 9.46. The van der Waals surface area contributed by atoms with Gasteiger partial charge in [-0.05, 0) is 38.3 Å². The van der Waals surface area contributed by atoms with Gasteiger partial charge in [0.2, 0.25) is 0 Å². The Morgan fingerprint density at radius 2 is 2.07 bits per heavy atom. The first kappa shape index (κ1) is 10.2. The topological polar surface area (TPSA) is 26.3 Å². The largest absolute Gasteiger partial charge is 0.496 e. The quantitative estimate of drug-likeness (QED) is 0.756. The lowest BCUT2D eigenvalue weighted by Gasteiger charge is -2.18. The highest BCUT2D eigenvalue weighted by Crippen LogP contribution is 2.53. The maximum atomic E-state index is 11.7. The number of hydrogen-bond acceptors (Lipinski definition) is 2. The second-order valence-electron chi connectivity index (χ2n) is 4.29. The smallest absolute Gasteiger partial charge is 0.140 e. The molecule has 0 unspecified atom stereocenters. The van der Waals surface area contributed by atoms with Crippen LogP contribution in [0.5, 0.6) is 5.75 Å². The van der Waals surface area contributed by atoms with Gasteiger partial charge in [0.15, 0.2) is 0 Å². The number of methoxy groups -OCH3 is 1. The van der Waals surface area contributed by atoms with Crippen molar-refractivity contribution in [1.82, 2.24) is 0 Å². The number of carbonyl (C=O) groups is 1. The van der Waals surface area contributed by atoms with Crippen molar-refractivity contribution in [3.05, 3.63) is 29.3 Å². The van der Waals surface area contributed by atoms with Crippen LogP contribution < -0.4 is 4.74 Å². The molecule has 1 aliphatic rings. The van der Waals surface area contributed by atoms with Crippen molar-refractivity contribution in [2.45, 2.75) is 32.1 Å². The second kappa shape index (κ2) is 3.37. The molecule has 0 N–H and O–H groups in total. The average molecular weight is 204 g/mol. The molecule has 1 saturated carbocycles. The number of hydrogen-bond donors (Lipinski definition) is 0. The van der Waals surface area contributed by atoms with E-state index < -0.39 is 0 Å². The standard InChI is InChI=1S/C13H16O2/c1-9-5-4-6-11(15-3)12(9)13(7-8-13)10(2)14/h4-6H,7-8H2,1-3H3. The molecule has 0 spiro atoms. The number of carbonyl (C=O) groups excluding carboxylic acids is 1. The summed E-state index contributed by atoms with van der Waals surface area (Å²) in [5.74, 6) is 1.11. The summed E-state index contributed by atoms with van der Waals surface area (Å²) in [6, 6.07) is 5.94. The Bertz CT molecular complexity index is 403.